The highest BCUT2D eigenvalue weighted by Crippen LogP contribution is 2.29. The van der Waals surface area contributed by atoms with Gasteiger partial charge in [0.05, 0.1) is 17.8 Å². The Hall–Kier alpha value is -0.870. The summed E-state index contributed by atoms with van der Waals surface area (Å²) in [6.45, 7) is 7.67. The van der Waals surface area contributed by atoms with Crippen LogP contribution in [0.15, 0.2) is 0 Å². The highest BCUT2D eigenvalue weighted by molar-refractivity contribution is 5.27. The fraction of sp³-hybridized carbons (Fsp3) is 0.769. The fourth-order valence-corrected chi connectivity index (χ4v) is 2.65. The number of ether oxygens (including phenoxy) is 1. The average molecular weight is 238 g/mol. The van der Waals surface area contributed by atoms with E-state index in [2.05, 4.69) is 16.7 Å². The quantitative estimate of drug-likeness (QED) is 0.879. The molecule has 0 saturated carbocycles. The Morgan fingerprint density at radius 2 is 2.06 bits per heavy atom. The summed E-state index contributed by atoms with van der Waals surface area (Å²) in [5.74, 6) is 0. The molecule has 1 unspecified atom stereocenters. The van der Waals surface area contributed by atoms with Gasteiger partial charge in [-0.3, -0.25) is 4.68 Å². The number of aliphatic hydroxyl groups excluding tert-OH is 1. The van der Waals surface area contributed by atoms with Crippen molar-refractivity contribution >= 4 is 0 Å². The van der Waals surface area contributed by atoms with Crippen LogP contribution in [0.5, 0.6) is 0 Å². The molecule has 1 aromatic rings. The minimum Gasteiger partial charge on any atom is -0.388 e. The number of nitrogens with zero attached hydrogens (tertiary/aromatic N) is 2. The highest BCUT2D eigenvalue weighted by atomic mass is 16.5. The Labute approximate surface area is 103 Å². The number of aliphatic hydroxyl groups is 1. The van der Waals surface area contributed by atoms with Gasteiger partial charge in [-0.05, 0) is 33.1 Å². The number of hydrogen-bond acceptors (Lipinski definition) is 3. The van der Waals surface area contributed by atoms with E-state index in [4.69, 9.17) is 4.74 Å². The average Bonchev–Trinajstić information content (AvgIpc) is 2.65. The highest BCUT2D eigenvalue weighted by Gasteiger charge is 2.23. The van der Waals surface area contributed by atoms with Crippen LogP contribution in [0.25, 0.3) is 0 Å². The second kappa shape index (κ2) is 5.19. The molecule has 0 spiro atoms. The summed E-state index contributed by atoms with van der Waals surface area (Å²) in [7, 11) is 0. The molecule has 0 aromatic carbocycles. The first kappa shape index (κ1) is 12.6. The van der Waals surface area contributed by atoms with Gasteiger partial charge in [0.1, 0.15) is 0 Å². The van der Waals surface area contributed by atoms with E-state index >= 15 is 0 Å². The van der Waals surface area contributed by atoms with Crippen LogP contribution in [0.1, 0.15) is 55.3 Å². The Morgan fingerprint density at radius 3 is 2.65 bits per heavy atom. The summed E-state index contributed by atoms with van der Waals surface area (Å²) in [5.41, 5.74) is 3.09. The smallest absolute Gasteiger partial charge is 0.0823 e. The van der Waals surface area contributed by atoms with Crippen LogP contribution in [0, 0.1) is 13.8 Å². The third-order valence-corrected chi connectivity index (χ3v) is 3.64. The predicted molar refractivity (Wildman–Crippen MR) is 66.0 cm³/mol. The maximum Gasteiger partial charge on any atom is 0.0823 e. The van der Waals surface area contributed by atoms with Crippen molar-refractivity contribution < 1.29 is 9.84 Å². The van der Waals surface area contributed by atoms with Gasteiger partial charge in [-0.25, -0.2) is 0 Å². The third kappa shape index (κ3) is 2.38. The van der Waals surface area contributed by atoms with Gasteiger partial charge in [0, 0.05) is 24.5 Å². The van der Waals surface area contributed by atoms with E-state index in [-0.39, 0.29) is 6.10 Å². The lowest BCUT2D eigenvalue weighted by Crippen LogP contribution is -2.21. The monoisotopic (exact) mass is 238 g/mol. The standard InChI is InChI=1S/C13H22N2O2/c1-4-12(16)13-9(2)14-15(10(13)3)11-5-7-17-8-6-11/h11-12,16H,4-8H2,1-3H3. The molecule has 4 heteroatoms. The lowest BCUT2D eigenvalue weighted by Gasteiger charge is -2.24. The molecule has 1 N–H and O–H groups in total. The largest absolute Gasteiger partial charge is 0.388 e. The number of rotatable bonds is 3. The van der Waals surface area contributed by atoms with Crippen molar-refractivity contribution in [2.24, 2.45) is 0 Å². The van der Waals surface area contributed by atoms with Crippen LogP contribution in [-0.2, 0) is 4.74 Å². The molecular weight excluding hydrogens is 216 g/mol. The molecule has 1 aliphatic heterocycles. The van der Waals surface area contributed by atoms with Crippen LogP contribution in [0.4, 0.5) is 0 Å². The predicted octanol–water partition coefficient (Wildman–Crippen LogP) is 2.29. The molecule has 2 rings (SSSR count). The molecule has 1 aromatic heterocycles. The van der Waals surface area contributed by atoms with Crippen molar-refractivity contribution in [3.8, 4) is 0 Å². The van der Waals surface area contributed by atoms with Crippen LogP contribution in [0.3, 0.4) is 0 Å². The summed E-state index contributed by atoms with van der Waals surface area (Å²) in [6, 6.07) is 0.431. The van der Waals surface area contributed by atoms with Gasteiger partial charge in [0.25, 0.3) is 0 Å². The van der Waals surface area contributed by atoms with Gasteiger partial charge in [0.15, 0.2) is 0 Å². The second-order valence-electron chi connectivity index (χ2n) is 4.80. The van der Waals surface area contributed by atoms with Gasteiger partial charge >= 0.3 is 0 Å². The Balaban J connectivity index is 2.29. The molecule has 96 valence electrons. The van der Waals surface area contributed by atoms with Crippen molar-refractivity contribution in [3.05, 3.63) is 17.0 Å². The first-order valence-corrected chi connectivity index (χ1v) is 6.46. The maximum absolute atomic E-state index is 10.0. The van der Waals surface area contributed by atoms with Crippen LogP contribution >= 0.6 is 0 Å². The molecule has 0 radical (unpaired) electrons. The normalized spacial score (nSPS) is 19.5. The van der Waals surface area contributed by atoms with Crippen molar-refractivity contribution in [2.75, 3.05) is 13.2 Å². The molecule has 17 heavy (non-hydrogen) atoms. The van der Waals surface area contributed by atoms with Crippen molar-refractivity contribution in [3.63, 3.8) is 0 Å². The van der Waals surface area contributed by atoms with Gasteiger partial charge in [0.2, 0.25) is 0 Å². The Morgan fingerprint density at radius 1 is 1.41 bits per heavy atom. The van der Waals surface area contributed by atoms with Gasteiger partial charge in [-0.15, -0.1) is 0 Å². The van der Waals surface area contributed by atoms with E-state index in [0.29, 0.717) is 6.04 Å². The fourth-order valence-electron chi connectivity index (χ4n) is 2.65. The van der Waals surface area contributed by atoms with Crippen molar-refractivity contribution in [2.45, 2.75) is 52.2 Å². The summed E-state index contributed by atoms with van der Waals surface area (Å²) < 4.78 is 7.47. The molecule has 1 saturated heterocycles. The third-order valence-electron chi connectivity index (χ3n) is 3.64. The van der Waals surface area contributed by atoms with Gasteiger partial charge in [-0.1, -0.05) is 6.92 Å². The maximum atomic E-state index is 10.0. The lowest BCUT2D eigenvalue weighted by molar-refractivity contribution is 0.0655. The van der Waals surface area contributed by atoms with Gasteiger partial charge < -0.3 is 9.84 Å². The van der Waals surface area contributed by atoms with E-state index in [1.165, 1.54) is 0 Å². The zero-order valence-corrected chi connectivity index (χ0v) is 10.9. The van der Waals surface area contributed by atoms with Crippen molar-refractivity contribution in [1.29, 1.82) is 0 Å². The van der Waals surface area contributed by atoms with Gasteiger partial charge in [-0.2, -0.15) is 5.10 Å². The number of aryl methyl sites for hydroxylation is 1. The number of hydrogen-bond donors (Lipinski definition) is 1. The Bertz CT molecular complexity index is 381. The molecular formula is C13H22N2O2. The molecule has 1 atom stereocenters. The summed E-state index contributed by atoms with van der Waals surface area (Å²) in [4.78, 5) is 0. The van der Waals surface area contributed by atoms with E-state index < -0.39 is 0 Å². The van der Waals surface area contributed by atoms with Crippen LogP contribution < -0.4 is 0 Å². The molecule has 1 fully saturated rings. The SMILES string of the molecule is CCC(O)c1c(C)nn(C2CCOCC2)c1C. The molecule has 1 aliphatic rings. The van der Waals surface area contributed by atoms with Crippen molar-refractivity contribution in [1.82, 2.24) is 9.78 Å². The zero-order valence-electron chi connectivity index (χ0n) is 10.9. The molecule has 0 amide bonds. The minimum absolute atomic E-state index is 0.386. The summed E-state index contributed by atoms with van der Waals surface area (Å²) >= 11 is 0. The summed E-state index contributed by atoms with van der Waals surface area (Å²) in [6.07, 6.45) is 2.39. The first-order chi connectivity index (χ1) is 8.15. The lowest BCUT2D eigenvalue weighted by atomic mass is 10.0. The molecule has 0 aliphatic carbocycles. The summed E-state index contributed by atoms with van der Waals surface area (Å²) in [5, 5.41) is 14.6. The zero-order chi connectivity index (χ0) is 12.4. The Kier molecular flexibility index (Phi) is 3.84. The van der Waals surface area contributed by atoms with E-state index in [0.717, 1.165) is 49.4 Å². The van der Waals surface area contributed by atoms with E-state index in [1.54, 1.807) is 0 Å². The first-order valence-electron chi connectivity index (χ1n) is 6.46. The molecule has 0 bridgehead atoms. The minimum atomic E-state index is -0.386. The number of aromatic nitrogens is 2. The van der Waals surface area contributed by atoms with Crippen LogP contribution in [-0.4, -0.2) is 28.1 Å². The van der Waals surface area contributed by atoms with E-state index in [9.17, 15) is 5.11 Å². The molecule has 4 nitrogen and oxygen atoms in total. The second-order valence-corrected chi connectivity index (χ2v) is 4.80. The van der Waals surface area contributed by atoms with E-state index in [1.807, 2.05) is 13.8 Å². The van der Waals surface area contributed by atoms with Crippen LogP contribution in [0.2, 0.25) is 0 Å². The topological polar surface area (TPSA) is 47.3 Å². The molecule has 2 heterocycles.